The maximum absolute atomic E-state index is 12.4. The first-order chi connectivity index (χ1) is 17.2. The molecule has 4 aromatic carbocycles. The molecule has 0 fully saturated rings. The highest BCUT2D eigenvalue weighted by Crippen LogP contribution is 2.18. The van der Waals surface area contributed by atoms with Gasteiger partial charge in [0.2, 0.25) is 0 Å². The van der Waals surface area contributed by atoms with Crippen LogP contribution in [0.4, 0.5) is 0 Å². The minimum absolute atomic E-state index is 0.234. The van der Waals surface area contributed by atoms with Crippen LogP contribution in [0.3, 0.4) is 0 Å². The molecule has 0 saturated heterocycles. The van der Waals surface area contributed by atoms with Gasteiger partial charge in [-0.25, -0.2) is 5.43 Å². The third kappa shape index (κ3) is 7.87. The molecular formula is C30H28N2O2S. The van der Waals surface area contributed by atoms with Gasteiger partial charge in [0.05, 0.1) is 6.21 Å². The lowest BCUT2D eigenvalue weighted by Gasteiger charge is -2.07. The van der Waals surface area contributed by atoms with Gasteiger partial charge in [0.1, 0.15) is 12.4 Å². The van der Waals surface area contributed by atoms with E-state index in [0.717, 1.165) is 28.4 Å². The number of carbonyl (C=O) groups excluding carboxylic acids is 1. The number of aryl methyl sites for hydroxylation is 1. The zero-order valence-electron chi connectivity index (χ0n) is 19.7. The first-order valence-electron chi connectivity index (χ1n) is 11.5. The second kappa shape index (κ2) is 12.6. The van der Waals surface area contributed by atoms with Gasteiger partial charge in [-0.1, -0.05) is 72.3 Å². The molecule has 35 heavy (non-hydrogen) atoms. The Balaban J connectivity index is 1.20. The number of rotatable bonds is 10. The van der Waals surface area contributed by atoms with E-state index in [0.29, 0.717) is 12.2 Å². The van der Waals surface area contributed by atoms with Crippen molar-refractivity contribution in [3.63, 3.8) is 0 Å². The summed E-state index contributed by atoms with van der Waals surface area (Å²) in [6, 6.07) is 34.0. The van der Waals surface area contributed by atoms with E-state index in [2.05, 4.69) is 66.0 Å². The smallest absolute Gasteiger partial charge is 0.271 e. The van der Waals surface area contributed by atoms with E-state index in [9.17, 15) is 4.79 Å². The Labute approximate surface area is 211 Å². The summed E-state index contributed by atoms with van der Waals surface area (Å²) < 4.78 is 5.83. The summed E-state index contributed by atoms with van der Waals surface area (Å²) in [5, 5.41) is 4.09. The van der Waals surface area contributed by atoms with Crippen molar-refractivity contribution < 1.29 is 9.53 Å². The Bertz CT molecular complexity index is 1240. The fourth-order valence-corrected chi connectivity index (χ4v) is 4.30. The normalized spacial score (nSPS) is 10.9. The summed E-state index contributed by atoms with van der Waals surface area (Å²) in [7, 11) is 0. The molecule has 0 aliphatic carbocycles. The Hall–Kier alpha value is -3.83. The van der Waals surface area contributed by atoms with E-state index in [-0.39, 0.29) is 5.91 Å². The predicted octanol–water partition coefficient (Wildman–Crippen LogP) is 6.77. The van der Waals surface area contributed by atoms with E-state index < -0.39 is 0 Å². The molecule has 0 aliphatic heterocycles. The van der Waals surface area contributed by atoms with Gasteiger partial charge < -0.3 is 4.74 Å². The number of amides is 1. The van der Waals surface area contributed by atoms with Crippen LogP contribution in [0.2, 0.25) is 0 Å². The molecule has 0 saturated carbocycles. The quantitative estimate of drug-likeness (QED) is 0.201. The number of hydrogen-bond donors (Lipinski definition) is 1. The van der Waals surface area contributed by atoms with Crippen LogP contribution in [0.1, 0.15) is 38.2 Å². The topological polar surface area (TPSA) is 50.7 Å². The largest absolute Gasteiger partial charge is 0.489 e. The SMILES string of the molecule is Cc1ccc(COc2ccc(/C=N/NC(=O)c3ccc(CSCc4ccccc4)cc3)cc2)cc1. The zero-order chi connectivity index (χ0) is 24.3. The summed E-state index contributed by atoms with van der Waals surface area (Å²) in [6.45, 7) is 2.59. The molecule has 0 atom stereocenters. The lowest BCUT2D eigenvalue weighted by molar-refractivity contribution is 0.0955. The summed E-state index contributed by atoms with van der Waals surface area (Å²) in [6.07, 6.45) is 1.62. The first kappa shape index (κ1) is 24.3. The lowest BCUT2D eigenvalue weighted by Crippen LogP contribution is -2.17. The van der Waals surface area contributed by atoms with Crippen LogP contribution in [0.15, 0.2) is 108 Å². The molecule has 1 amide bonds. The number of nitrogens with one attached hydrogen (secondary N) is 1. The van der Waals surface area contributed by atoms with Gasteiger partial charge in [-0.05, 0) is 65.6 Å². The first-order valence-corrected chi connectivity index (χ1v) is 12.6. The minimum Gasteiger partial charge on any atom is -0.489 e. The van der Waals surface area contributed by atoms with Crippen molar-refractivity contribution in [1.29, 1.82) is 0 Å². The van der Waals surface area contributed by atoms with Crippen molar-refractivity contribution in [2.75, 3.05) is 0 Å². The van der Waals surface area contributed by atoms with E-state index in [1.54, 1.807) is 6.21 Å². The second-order valence-electron chi connectivity index (χ2n) is 8.22. The average molecular weight is 481 g/mol. The summed E-state index contributed by atoms with van der Waals surface area (Å²) in [4.78, 5) is 12.4. The fourth-order valence-electron chi connectivity index (χ4n) is 3.34. The van der Waals surface area contributed by atoms with Crippen LogP contribution in [0.25, 0.3) is 0 Å². The van der Waals surface area contributed by atoms with Crippen LogP contribution in [0, 0.1) is 6.92 Å². The van der Waals surface area contributed by atoms with E-state index in [1.165, 1.54) is 16.7 Å². The molecule has 4 aromatic rings. The van der Waals surface area contributed by atoms with Crippen LogP contribution in [-0.4, -0.2) is 12.1 Å². The summed E-state index contributed by atoms with van der Waals surface area (Å²) in [5.74, 6) is 2.42. The number of carbonyl (C=O) groups is 1. The minimum atomic E-state index is -0.234. The molecule has 4 rings (SSSR count). The summed E-state index contributed by atoms with van der Waals surface area (Å²) >= 11 is 1.86. The van der Waals surface area contributed by atoms with Gasteiger partial charge in [-0.3, -0.25) is 4.79 Å². The van der Waals surface area contributed by atoms with Crippen molar-refractivity contribution in [3.8, 4) is 5.75 Å². The van der Waals surface area contributed by atoms with Gasteiger partial charge in [0, 0.05) is 17.1 Å². The number of hydrogen-bond acceptors (Lipinski definition) is 4. The highest BCUT2D eigenvalue weighted by Gasteiger charge is 2.04. The zero-order valence-corrected chi connectivity index (χ0v) is 20.5. The van der Waals surface area contributed by atoms with Crippen molar-refractivity contribution in [3.05, 3.63) is 137 Å². The molecule has 0 heterocycles. The van der Waals surface area contributed by atoms with Gasteiger partial charge >= 0.3 is 0 Å². The van der Waals surface area contributed by atoms with Crippen molar-refractivity contribution >= 4 is 23.9 Å². The van der Waals surface area contributed by atoms with E-state index >= 15 is 0 Å². The van der Waals surface area contributed by atoms with Crippen LogP contribution >= 0.6 is 11.8 Å². The predicted molar refractivity (Wildman–Crippen MR) is 145 cm³/mol. The van der Waals surface area contributed by atoms with Crippen molar-refractivity contribution in [2.24, 2.45) is 5.10 Å². The number of benzene rings is 4. The van der Waals surface area contributed by atoms with Gasteiger partial charge in [-0.2, -0.15) is 16.9 Å². The number of nitrogens with zero attached hydrogens (tertiary/aromatic N) is 1. The molecule has 5 heteroatoms. The molecule has 4 nitrogen and oxygen atoms in total. The molecular weight excluding hydrogens is 452 g/mol. The number of hydrazone groups is 1. The molecule has 0 radical (unpaired) electrons. The maximum Gasteiger partial charge on any atom is 0.271 e. The molecule has 0 aliphatic rings. The van der Waals surface area contributed by atoms with E-state index in [4.69, 9.17) is 4.74 Å². The Morgan fingerprint density at radius 1 is 0.800 bits per heavy atom. The molecule has 176 valence electrons. The molecule has 0 spiro atoms. The lowest BCUT2D eigenvalue weighted by atomic mass is 10.1. The summed E-state index contributed by atoms with van der Waals surface area (Å²) in [5.41, 5.74) is 8.91. The molecule has 0 unspecified atom stereocenters. The second-order valence-corrected chi connectivity index (χ2v) is 9.20. The number of ether oxygens (including phenoxy) is 1. The standard InChI is InChI=1S/C30H28N2O2S/c1-23-7-9-25(10-8-23)20-34-29-17-13-24(14-18-29)19-31-32-30(33)28-15-11-27(12-16-28)22-35-21-26-5-3-2-4-6-26/h2-19H,20-22H2,1H3,(H,32,33)/b31-19+. The van der Waals surface area contributed by atoms with E-state index in [1.807, 2.05) is 66.4 Å². The Kier molecular flexibility index (Phi) is 8.74. The maximum atomic E-state index is 12.4. The number of thioether (sulfide) groups is 1. The van der Waals surface area contributed by atoms with Gasteiger partial charge in [0.15, 0.2) is 0 Å². The Morgan fingerprint density at radius 3 is 2.11 bits per heavy atom. The van der Waals surface area contributed by atoms with Crippen LogP contribution < -0.4 is 10.2 Å². The van der Waals surface area contributed by atoms with Crippen molar-refractivity contribution in [1.82, 2.24) is 5.43 Å². The van der Waals surface area contributed by atoms with Crippen LogP contribution in [-0.2, 0) is 18.1 Å². The van der Waals surface area contributed by atoms with Gasteiger partial charge in [-0.15, -0.1) is 0 Å². The van der Waals surface area contributed by atoms with Crippen LogP contribution in [0.5, 0.6) is 5.75 Å². The highest BCUT2D eigenvalue weighted by atomic mass is 32.2. The van der Waals surface area contributed by atoms with Crippen molar-refractivity contribution in [2.45, 2.75) is 25.0 Å². The molecule has 0 aromatic heterocycles. The third-order valence-electron chi connectivity index (χ3n) is 5.38. The third-order valence-corrected chi connectivity index (χ3v) is 6.46. The monoisotopic (exact) mass is 480 g/mol. The van der Waals surface area contributed by atoms with Gasteiger partial charge in [0.25, 0.3) is 5.91 Å². The molecule has 0 bridgehead atoms. The Morgan fingerprint density at radius 2 is 1.43 bits per heavy atom. The highest BCUT2D eigenvalue weighted by molar-refractivity contribution is 7.97. The molecule has 1 N–H and O–H groups in total. The fraction of sp³-hybridized carbons (Fsp3) is 0.133. The average Bonchev–Trinajstić information content (AvgIpc) is 2.90.